The number of fused-ring (bicyclic) bond motifs is 1. The summed E-state index contributed by atoms with van der Waals surface area (Å²) < 4.78 is 7.16. The molecule has 4 N–H and O–H groups in total. The molecule has 7 rings (SSSR count). The van der Waals surface area contributed by atoms with Gasteiger partial charge in [-0.05, 0) is 30.5 Å². The first kappa shape index (κ1) is 34.6. The molecule has 0 unspecified atom stereocenters. The van der Waals surface area contributed by atoms with E-state index in [1.54, 1.807) is 13.3 Å². The Labute approximate surface area is 304 Å². The van der Waals surface area contributed by atoms with Gasteiger partial charge in [0.1, 0.15) is 5.65 Å². The van der Waals surface area contributed by atoms with Gasteiger partial charge in [-0.15, -0.1) is 0 Å². The van der Waals surface area contributed by atoms with E-state index < -0.39 is 0 Å². The van der Waals surface area contributed by atoms with Crippen LogP contribution in [0.3, 0.4) is 0 Å². The molecule has 11 nitrogen and oxygen atoms in total. The van der Waals surface area contributed by atoms with E-state index >= 15 is 0 Å². The summed E-state index contributed by atoms with van der Waals surface area (Å²) in [4.78, 5) is 45.9. The number of carbonyl (C=O) groups excluding carboxylic acids is 2. The van der Waals surface area contributed by atoms with Crippen molar-refractivity contribution in [3.8, 4) is 39.5 Å². The minimum Gasteiger partial charge on any atom is -0.481 e. The van der Waals surface area contributed by atoms with Crippen LogP contribution in [0.4, 0.5) is 0 Å². The fourth-order valence-corrected chi connectivity index (χ4v) is 7.28. The topological polar surface area (TPSA) is 139 Å². The van der Waals surface area contributed by atoms with Gasteiger partial charge in [0, 0.05) is 91.2 Å². The van der Waals surface area contributed by atoms with Crippen LogP contribution in [-0.2, 0) is 22.7 Å². The zero-order chi connectivity index (χ0) is 35.5. The van der Waals surface area contributed by atoms with Crippen molar-refractivity contribution >= 4 is 40.7 Å². The molecule has 0 aliphatic carbocycles. The molecule has 3 aromatic heterocycles. The lowest BCUT2D eigenvalue weighted by atomic mass is 9.98. The number of methoxy groups -OCH3 is 1. The molecule has 0 bridgehead atoms. The number of nitrogens with one attached hydrogen (secondary N) is 4. The van der Waals surface area contributed by atoms with Crippen LogP contribution in [-0.4, -0.2) is 58.5 Å². The van der Waals surface area contributed by atoms with Crippen molar-refractivity contribution in [2.24, 2.45) is 0 Å². The minimum atomic E-state index is -0.231. The third-order valence-electron chi connectivity index (χ3n) is 9.29. The zero-order valence-electron chi connectivity index (χ0n) is 28.0. The predicted molar refractivity (Wildman–Crippen MR) is 198 cm³/mol. The number of nitrogens with zero attached hydrogens (tertiary/aromatic N) is 3. The van der Waals surface area contributed by atoms with Crippen molar-refractivity contribution in [3.05, 3.63) is 104 Å². The molecule has 2 atom stereocenters. The van der Waals surface area contributed by atoms with Gasteiger partial charge in [0.25, 0.3) is 5.56 Å². The number of hydrogen-bond donors (Lipinski definition) is 4. The Bertz CT molecular complexity index is 2190. The summed E-state index contributed by atoms with van der Waals surface area (Å²) in [6.07, 6.45) is 4.54. The summed E-state index contributed by atoms with van der Waals surface area (Å²) in [5, 5.41) is 13.5. The number of ether oxygens (including phenoxy) is 1. The minimum absolute atomic E-state index is 0.0847. The lowest BCUT2D eigenvalue weighted by molar-refractivity contribution is -0.120. The highest BCUT2D eigenvalue weighted by atomic mass is 35.5. The Kier molecular flexibility index (Phi) is 10.3. The van der Waals surface area contributed by atoms with Crippen molar-refractivity contribution in [3.63, 3.8) is 0 Å². The van der Waals surface area contributed by atoms with Crippen LogP contribution in [0.25, 0.3) is 39.3 Å². The summed E-state index contributed by atoms with van der Waals surface area (Å²) >= 11 is 14.1. The molecule has 2 aromatic carbocycles. The Morgan fingerprint density at radius 3 is 1.98 bits per heavy atom. The quantitative estimate of drug-likeness (QED) is 0.139. The maximum absolute atomic E-state index is 13.3. The Hall–Kier alpha value is -4.81. The molecular formula is C38H37Cl2N7O4. The lowest BCUT2D eigenvalue weighted by Crippen LogP contribution is -2.35. The molecule has 2 fully saturated rings. The molecular weight excluding hydrogens is 689 g/mol. The number of aromatic nitrogens is 3. The normalized spacial score (nSPS) is 17.2. The summed E-state index contributed by atoms with van der Waals surface area (Å²) in [6, 6.07) is 20.6. The summed E-state index contributed by atoms with van der Waals surface area (Å²) in [7, 11) is 1.58. The molecule has 5 aromatic rings. The van der Waals surface area contributed by atoms with E-state index in [-0.39, 0.29) is 29.5 Å². The van der Waals surface area contributed by atoms with Gasteiger partial charge in [0.05, 0.1) is 28.5 Å². The molecule has 2 aliphatic heterocycles. The molecule has 2 saturated heterocycles. The fraction of sp³-hybridized carbons (Fsp3) is 0.289. The van der Waals surface area contributed by atoms with Crippen LogP contribution >= 0.6 is 23.2 Å². The van der Waals surface area contributed by atoms with Gasteiger partial charge in [-0.2, -0.15) is 0 Å². The second-order valence-electron chi connectivity index (χ2n) is 12.8. The standard InChI is InChI=1S/C38H37Cl2N7O4/c1-51-38-23(18-42-20-25-11-15-34(49)44-25)9-12-30(46-38)28-6-2-4-26(36(28)39)27-5-3-7-29(37(27)40)31-16-35(50)47-21-22(8-13-32(47)45-31)17-41-19-24-10-14-33(48)43-24/h2-9,12-13,16,21,24-25,41-42H,10-11,14-15,17-20H2,1H3,(H,43,48)(H,44,49)/t24-,25-/m1/s1. The number of hydrogen-bond acceptors (Lipinski definition) is 8. The highest BCUT2D eigenvalue weighted by Gasteiger charge is 2.22. The summed E-state index contributed by atoms with van der Waals surface area (Å²) in [5.41, 5.74) is 5.88. The first-order valence-electron chi connectivity index (χ1n) is 16.9. The average molecular weight is 727 g/mol. The molecule has 2 aliphatic rings. The second-order valence-corrected chi connectivity index (χ2v) is 13.6. The van der Waals surface area contributed by atoms with Gasteiger partial charge >= 0.3 is 0 Å². The van der Waals surface area contributed by atoms with E-state index in [9.17, 15) is 14.4 Å². The third-order valence-corrected chi connectivity index (χ3v) is 10.1. The van der Waals surface area contributed by atoms with Crippen molar-refractivity contribution < 1.29 is 14.3 Å². The predicted octanol–water partition coefficient (Wildman–Crippen LogP) is 5.14. The third kappa shape index (κ3) is 7.62. The molecule has 0 saturated carbocycles. The zero-order valence-corrected chi connectivity index (χ0v) is 29.5. The Balaban J connectivity index is 1.11. The lowest BCUT2D eigenvalue weighted by Gasteiger charge is -2.16. The molecule has 2 amide bonds. The number of rotatable bonds is 12. The van der Waals surface area contributed by atoms with Crippen LogP contribution in [0.1, 0.15) is 36.8 Å². The maximum atomic E-state index is 13.3. The van der Waals surface area contributed by atoms with Gasteiger partial charge in [-0.25, -0.2) is 9.97 Å². The number of carbonyl (C=O) groups is 2. The van der Waals surface area contributed by atoms with Crippen LogP contribution < -0.4 is 31.6 Å². The van der Waals surface area contributed by atoms with Crippen molar-refractivity contribution in [1.82, 2.24) is 35.6 Å². The van der Waals surface area contributed by atoms with Gasteiger partial charge in [-0.3, -0.25) is 18.8 Å². The van der Waals surface area contributed by atoms with Crippen LogP contribution in [0, 0.1) is 0 Å². The van der Waals surface area contributed by atoms with E-state index in [0.717, 1.165) is 24.0 Å². The van der Waals surface area contributed by atoms with Gasteiger partial charge in [0.2, 0.25) is 17.7 Å². The number of benzene rings is 2. The van der Waals surface area contributed by atoms with Crippen molar-refractivity contribution in [2.45, 2.75) is 50.9 Å². The van der Waals surface area contributed by atoms with Crippen molar-refractivity contribution in [1.29, 1.82) is 0 Å². The first-order chi connectivity index (χ1) is 24.8. The van der Waals surface area contributed by atoms with Crippen molar-refractivity contribution in [2.75, 3.05) is 20.2 Å². The van der Waals surface area contributed by atoms with Crippen LogP contribution in [0.5, 0.6) is 5.88 Å². The molecule has 0 radical (unpaired) electrons. The Morgan fingerprint density at radius 1 is 0.765 bits per heavy atom. The average Bonchev–Trinajstić information content (AvgIpc) is 3.75. The SMILES string of the molecule is COc1nc(-c2cccc(-c3cccc(-c4cc(=O)n5cc(CNC[C@H]6CCC(=O)N6)ccc5n4)c3Cl)c2Cl)ccc1CNC[C@H]1CCC(=O)N1. The van der Waals surface area contributed by atoms with E-state index in [1.165, 1.54) is 10.5 Å². The summed E-state index contributed by atoms with van der Waals surface area (Å²) in [5.74, 6) is 0.654. The molecule has 51 heavy (non-hydrogen) atoms. The van der Waals surface area contributed by atoms with E-state index in [4.69, 9.17) is 37.9 Å². The van der Waals surface area contributed by atoms with E-state index in [0.29, 0.717) is 94.2 Å². The fourth-order valence-electron chi connectivity index (χ4n) is 6.63. The first-order valence-corrected chi connectivity index (χ1v) is 17.7. The van der Waals surface area contributed by atoms with Gasteiger partial charge in [-0.1, -0.05) is 71.7 Å². The number of amides is 2. The molecule has 13 heteroatoms. The molecule has 5 heterocycles. The largest absolute Gasteiger partial charge is 0.481 e. The maximum Gasteiger partial charge on any atom is 0.258 e. The highest BCUT2D eigenvalue weighted by molar-refractivity contribution is 6.39. The smallest absolute Gasteiger partial charge is 0.258 e. The van der Waals surface area contributed by atoms with E-state index in [2.05, 4.69) is 21.3 Å². The summed E-state index contributed by atoms with van der Waals surface area (Å²) in [6.45, 7) is 2.41. The number of halogens is 2. The molecule has 262 valence electrons. The van der Waals surface area contributed by atoms with Crippen LogP contribution in [0.15, 0.2) is 77.7 Å². The number of pyridine rings is 2. The van der Waals surface area contributed by atoms with Gasteiger partial charge < -0.3 is 26.0 Å². The highest BCUT2D eigenvalue weighted by Crippen LogP contribution is 2.42. The van der Waals surface area contributed by atoms with Gasteiger partial charge in [0.15, 0.2) is 0 Å². The molecule has 0 spiro atoms. The second kappa shape index (κ2) is 15.2. The Morgan fingerprint density at radius 2 is 1.37 bits per heavy atom. The monoisotopic (exact) mass is 725 g/mol. The van der Waals surface area contributed by atoms with E-state index in [1.807, 2.05) is 60.7 Å². The van der Waals surface area contributed by atoms with Crippen LogP contribution in [0.2, 0.25) is 10.0 Å².